The standard InChI is InChI=1S/C23H24BrNO5/c1-3-12-30-18-9-7-15(8-10-18)21(26)19-20(16-5-4-6-17(24)14-16)25(11-13-29-2)23(28)22(19)27/h4-10,14,20,26H,3,11-13H2,1-2H3/b21-19+. The van der Waals surface area contributed by atoms with Gasteiger partial charge in [0.2, 0.25) is 0 Å². The molecule has 3 rings (SSSR count). The number of ketones is 1. The molecule has 0 saturated carbocycles. The number of benzene rings is 2. The predicted molar refractivity (Wildman–Crippen MR) is 117 cm³/mol. The molecule has 1 N–H and O–H groups in total. The Morgan fingerprint density at radius 3 is 2.50 bits per heavy atom. The molecule has 1 fully saturated rings. The van der Waals surface area contributed by atoms with Gasteiger partial charge in [0, 0.05) is 23.7 Å². The van der Waals surface area contributed by atoms with Crippen molar-refractivity contribution in [2.24, 2.45) is 0 Å². The van der Waals surface area contributed by atoms with Gasteiger partial charge in [0.15, 0.2) is 0 Å². The molecule has 1 aliphatic rings. The molecule has 2 aromatic rings. The van der Waals surface area contributed by atoms with Crippen LogP contribution in [0.4, 0.5) is 0 Å². The minimum atomic E-state index is -0.708. The first kappa shape index (κ1) is 22.1. The largest absolute Gasteiger partial charge is 0.507 e. The van der Waals surface area contributed by atoms with Gasteiger partial charge in [-0.2, -0.15) is 0 Å². The molecular formula is C23H24BrNO5. The van der Waals surface area contributed by atoms with E-state index in [4.69, 9.17) is 9.47 Å². The van der Waals surface area contributed by atoms with Gasteiger partial charge < -0.3 is 19.5 Å². The Kier molecular flexibility index (Phi) is 7.29. The van der Waals surface area contributed by atoms with Gasteiger partial charge in [-0.1, -0.05) is 35.0 Å². The number of likely N-dealkylation sites (tertiary alicyclic amines) is 1. The molecular weight excluding hydrogens is 450 g/mol. The average Bonchev–Trinajstić information content (AvgIpc) is 3.01. The lowest BCUT2D eigenvalue weighted by molar-refractivity contribution is -0.140. The van der Waals surface area contributed by atoms with Crippen LogP contribution in [0, 0.1) is 0 Å². The maximum Gasteiger partial charge on any atom is 0.295 e. The number of carbonyl (C=O) groups is 2. The summed E-state index contributed by atoms with van der Waals surface area (Å²) in [6.45, 7) is 3.13. The zero-order chi connectivity index (χ0) is 21.7. The van der Waals surface area contributed by atoms with Crippen LogP contribution in [0.1, 0.15) is 30.5 Å². The molecule has 7 heteroatoms. The van der Waals surface area contributed by atoms with Crippen LogP contribution in [-0.4, -0.2) is 48.6 Å². The molecule has 0 spiro atoms. The number of Topliss-reactive ketones (excluding diaryl/α,β-unsaturated/α-hetero) is 1. The van der Waals surface area contributed by atoms with Crippen LogP contribution < -0.4 is 4.74 Å². The van der Waals surface area contributed by atoms with Crippen molar-refractivity contribution < 1.29 is 24.2 Å². The molecule has 1 amide bonds. The third kappa shape index (κ3) is 4.57. The lowest BCUT2D eigenvalue weighted by atomic mass is 9.95. The second-order valence-electron chi connectivity index (χ2n) is 6.91. The van der Waals surface area contributed by atoms with Gasteiger partial charge in [-0.25, -0.2) is 0 Å². The Hall–Kier alpha value is -2.64. The van der Waals surface area contributed by atoms with E-state index in [1.807, 2.05) is 31.2 Å². The second-order valence-corrected chi connectivity index (χ2v) is 7.83. The van der Waals surface area contributed by atoms with Crippen LogP contribution in [0.5, 0.6) is 5.75 Å². The SMILES string of the molecule is CCCOc1ccc(/C(O)=C2\C(=O)C(=O)N(CCOC)C2c2cccc(Br)c2)cc1. The Bertz CT molecular complexity index is 954. The number of aliphatic hydroxyl groups is 1. The first-order valence-corrected chi connectivity index (χ1v) is 10.5. The van der Waals surface area contributed by atoms with Crippen molar-refractivity contribution in [3.8, 4) is 5.75 Å². The quantitative estimate of drug-likeness (QED) is 0.351. The van der Waals surface area contributed by atoms with Crippen molar-refractivity contribution in [2.75, 3.05) is 26.9 Å². The van der Waals surface area contributed by atoms with Gasteiger partial charge in [0.25, 0.3) is 11.7 Å². The molecule has 2 aromatic carbocycles. The first-order chi connectivity index (χ1) is 14.5. The number of hydrogen-bond acceptors (Lipinski definition) is 5. The summed E-state index contributed by atoms with van der Waals surface area (Å²) >= 11 is 3.44. The highest BCUT2D eigenvalue weighted by Gasteiger charge is 2.45. The molecule has 6 nitrogen and oxygen atoms in total. The minimum absolute atomic E-state index is 0.0661. The fourth-order valence-electron chi connectivity index (χ4n) is 3.41. The van der Waals surface area contributed by atoms with Crippen LogP contribution in [0.3, 0.4) is 0 Å². The summed E-state index contributed by atoms with van der Waals surface area (Å²) in [4.78, 5) is 27.1. The topological polar surface area (TPSA) is 76.1 Å². The van der Waals surface area contributed by atoms with Crippen molar-refractivity contribution >= 4 is 33.4 Å². The zero-order valence-electron chi connectivity index (χ0n) is 16.9. The van der Waals surface area contributed by atoms with Gasteiger partial charge in [0.05, 0.1) is 24.8 Å². The lowest BCUT2D eigenvalue weighted by Crippen LogP contribution is -2.32. The normalized spacial score (nSPS) is 18.1. The van der Waals surface area contributed by atoms with E-state index < -0.39 is 17.7 Å². The molecule has 0 aromatic heterocycles. The summed E-state index contributed by atoms with van der Waals surface area (Å²) in [6.07, 6.45) is 0.888. The number of carbonyl (C=O) groups excluding carboxylic acids is 2. The molecule has 1 saturated heterocycles. The van der Waals surface area contributed by atoms with Crippen LogP contribution in [0.15, 0.2) is 58.6 Å². The van der Waals surface area contributed by atoms with Crippen LogP contribution in [0.2, 0.25) is 0 Å². The Morgan fingerprint density at radius 2 is 1.87 bits per heavy atom. The summed E-state index contributed by atoms with van der Waals surface area (Å²) in [5, 5.41) is 11.0. The zero-order valence-corrected chi connectivity index (χ0v) is 18.5. The van der Waals surface area contributed by atoms with E-state index in [9.17, 15) is 14.7 Å². The number of rotatable bonds is 8. The Morgan fingerprint density at radius 1 is 1.13 bits per heavy atom. The fraction of sp³-hybridized carbons (Fsp3) is 0.304. The van der Waals surface area contributed by atoms with Crippen LogP contribution >= 0.6 is 15.9 Å². The van der Waals surface area contributed by atoms with Crippen molar-refractivity contribution in [2.45, 2.75) is 19.4 Å². The molecule has 0 radical (unpaired) electrons. The highest BCUT2D eigenvalue weighted by Crippen LogP contribution is 2.40. The summed E-state index contributed by atoms with van der Waals surface area (Å²) in [6, 6.07) is 13.5. The van der Waals surface area contributed by atoms with E-state index >= 15 is 0 Å². The number of amides is 1. The number of methoxy groups -OCH3 is 1. The van der Waals surface area contributed by atoms with Crippen molar-refractivity contribution in [3.63, 3.8) is 0 Å². The number of halogens is 1. The number of nitrogens with zero attached hydrogens (tertiary/aromatic N) is 1. The third-order valence-electron chi connectivity index (χ3n) is 4.84. The summed E-state index contributed by atoms with van der Waals surface area (Å²) in [5.74, 6) is -0.890. The molecule has 0 bridgehead atoms. The molecule has 158 valence electrons. The van der Waals surface area contributed by atoms with Crippen LogP contribution in [0.25, 0.3) is 5.76 Å². The predicted octanol–water partition coefficient (Wildman–Crippen LogP) is 4.31. The van der Waals surface area contributed by atoms with Crippen molar-refractivity contribution in [1.82, 2.24) is 4.90 Å². The van der Waals surface area contributed by atoms with Gasteiger partial charge >= 0.3 is 0 Å². The summed E-state index contributed by atoms with van der Waals surface area (Å²) < 4.78 is 11.5. The Labute approximate surface area is 184 Å². The highest BCUT2D eigenvalue weighted by molar-refractivity contribution is 9.10. The average molecular weight is 474 g/mol. The van der Waals surface area contributed by atoms with E-state index in [-0.39, 0.29) is 24.5 Å². The molecule has 1 heterocycles. The van der Waals surface area contributed by atoms with Gasteiger partial charge in [0.1, 0.15) is 11.5 Å². The third-order valence-corrected chi connectivity index (χ3v) is 5.33. The van der Waals surface area contributed by atoms with Crippen LogP contribution in [-0.2, 0) is 14.3 Å². The maximum absolute atomic E-state index is 12.9. The Balaban J connectivity index is 2.06. The second kappa shape index (κ2) is 9.91. The molecule has 1 atom stereocenters. The number of ether oxygens (including phenoxy) is 2. The van der Waals surface area contributed by atoms with E-state index in [0.29, 0.717) is 17.9 Å². The van der Waals surface area contributed by atoms with Gasteiger partial charge in [-0.05, 0) is 48.4 Å². The van der Waals surface area contributed by atoms with Crippen molar-refractivity contribution in [1.29, 1.82) is 0 Å². The molecule has 0 aliphatic carbocycles. The lowest BCUT2D eigenvalue weighted by Gasteiger charge is -2.25. The summed E-state index contributed by atoms with van der Waals surface area (Å²) in [7, 11) is 1.53. The van der Waals surface area contributed by atoms with E-state index in [0.717, 1.165) is 16.5 Å². The van der Waals surface area contributed by atoms with Crippen molar-refractivity contribution in [3.05, 3.63) is 69.7 Å². The fourth-order valence-corrected chi connectivity index (χ4v) is 3.82. The minimum Gasteiger partial charge on any atom is -0.507 e. The van der Waals surface area contributed by atoms with Gasteiger partial charge in [-0.3, -0.25) is 9.59 Å². The molecule has 1 aliphatic heterocycles. The van der Waals surface area contributed by atoms with E-state index in [1.165, 1.54) is 12.0 Å². The summed E-state index contributed by atoms with van der Waals surface area (Å²) in [5.41, 5.74) is 1.24. The number of hydrogen-bond donors (Lipinski definition) is 1. The molecule has 1 unspecified atom stereocenters. The first-order valence-electron chi connectivity index (χ1n) is 9.74. The molecule has 30 heavy (non-hydrogen) atoms. The number of aliphatic hydroxyl groups excluding tert-OH is 1. The van der Waals surface area contributed by atoms with Gasteiger partial charge in [-0.15, -0.1) is 0 Å². The maximum atomic E-state index is 12.9. The van der Waals surface area contributed by atoms with E-state index in [1.54, 1.807) is 24.3 Å². The monoisotopic (exact) mass is 473 g/mol. The highest BCUT2D eigenvalue weighted by atomic mass is 79.9. The van der Waals surface area contributed by atoms with E-state index in [2.05, 4.69) is 15.9 Å². The smallest absolute Gasteiger partial charge is 0.295 e.